The molecule has 10 heteroatoms. The van der Waals surface area contributed by atoms with Crippen molar-refractivity contribution < 1.29 is 9.66 Å². The first-order valence-electron chi connectivity index (χ1n) is 9.26. The molecule has 1 aliphatic heterocycles. The number of hydrogen-bond donors (Lipinski definition) is 0. The van der Waals surface area contributed by atoms with Crippen molar-refractivity contribution in [2.75, 3.05) is 37.6 Å². The fourth-order valence-corrected chi connectivity index (χ4v) is 3.85. The number of benzene rings is 1. The number of pyridine rings is 1. The Balaban J connectivity index is 1.72. The molecule has 1 saturated heterocycles. The van der Waals surface area contributed by atoms with Gasteiger partial charge in [0.15, 0.2) is 5.75 Å². The summed E-state index contributed by atoms with van der Waals surface area (Å²) >= 11 is 3.49. The zero-order valence-corrected chi connectivity index (χ0v) is 17.4. The number of piperazine rings is 1. The smallest absolute Gasteiger partial charge is 0.373 e. The third-order valence-electron chi connectivity index (χ3n) is 4.96. The Morgan fingerprint density at radius 1 is 1.17 bits per heavy atom. The fraction of sp³-hybridized carbons (Fsp3) is 0.316. The summed E-state index contributed by atoms with van der Waals surface area (Å²) in [5.74, 6) is 0.588. The highest BCUT2D eigenvalue weighted by atomic mass is 79.9. The van der Waals surface area contributed by atoms with Crippen LogP contribution in [0.25, 0.3) is 10.9 Å². The first-order chi connectivity index (χ1) is 14.1. The van der Waals surface area contributed by atoms with Crippen LogP contribution in [0.3, 0.4) is 0 Å². The Kier molecular flexibility index (Phi) is 5.54. The molecule has 0 spiro atoms. The molecule has 1 aliphatic rings. The Hall–Kier alpha value is -2.85. The highest BCUT2D eigenvalue weighted by Gasteiger charge is 2.30. The van der Waals surface area contributed by atoms with Crippen LogP contribution in [0.2, 0.25) is 0 Å². The van der Waals surface area contributed by atoms with Gasteiger partial charge in [-0.3, -0.25) is 15.1 Å². The number of nitro groups is 1. The number of aromatic nitrogens is 3. The second-order valence-corrected chi connectivity index (χ2v) is 7.43. The number of rotatable bonds is 5. The molecule has 0 bridgehead atoms. The van der Waals surface area contributed by atoms with E-state index in [0.717, 1.165) is 29.5 Å². The predicted octanol–water partition coefficient (Wildman–Crippen LogP) is 3.63. The molecule has 9 nitrogen and oxygen atoms in total. The zero-order valence-electron chi connectivity index (χ0n) is 15.8. The van der Waals surface area contributed by atoms with Gasteiger partial charge in [-0.05, 0) is 24.7 Å². The lowest BCUT2D eigenvalue weighted by atomic mass is 10.2. The summed E-state index contributed by atoms with van der Waals surface area (Å²) in [6.07, 6.45) is 2.95. The summed E-state index contributed by atoms with van der Waals surface area (Å²) < 4.78 is 6.76. The van der Waals surface area contributed by atoms with Crippen molar-refractivity contribution in [1.82, 2.24) is 19.9 Å². The second-order valence-electron chi connectivity index (χ2n) is 6.58. The summed E-state index contributed by atoms with van der Waals surface area (Å²) in [6.45, 7) is 6.04. The van der Waals surface area contributed by atoms with E-state index in [1.165, 1.54) is 6.33 Å². The quantitative estimate of drug-likeness (QED) is 0.422. The number of nitrogens with zero attached hydrogens (tertiary/aromatic N) is 6. The van der Waals surface area contributed by atoms with Gasteiger partial charge in [-0.15, -0.1) is 0 Å². The lowest BCUT2D eigenvalue weighted by molar-refractivity contribution is -0.385. The molecule has 0 radical (unpaired) electrons. The number of fused-ring (bicyclic) bond motifs is 1. The van der Waals surface area contributed by atoms with Crippen LogP contribution in [0.15, 0.2) is 41.3 Å². The molecule has 1 fully saturated rings. The standard InChI is InChI=1S/C19H19BrN6O3/c1-2-24-8-10-25(11-9-24)18-17(26(27)28)19(23-12-22-18)29-15-6-5-14(20)13-4-3-7-21-16(13)15/h3-7,12H,2,8-11H2,1H3. The Morgan fingerprint density at radius 2 is 1.97 bits per heavy atom. The van der Waals surface area contributed by atoms with Crippen LogP contribution < -0.4 is 9.64 Å². The van der Waals surface area contributed by atoms with E-state index in [1.54, 1.807) is 12.3 Å². The minimum Gasteiger partial charge on any atom is -0.431 e. The van der Waals surface area contributed by atoms with Crippen LogP contribution in [0.5, 0.6) is 11.6 Å². The molecular formula is C19H19BrN6O3. The number of halogens is 1. The number of likely N-dealkylation sites (N-methyl/N-ethyl adjacent to an activating group) is 1. The van der Waals surface area contributed by atoms with E-state index in [0.29, 0.717) is 24.4 Å². The third-order valence-corrected chi connectivity index (χ3v) is 5.65. The largest absolute Gasteiger partial charge is 0.431 e. The first kappa shape index (κ1) is 19.5. The van der Waals surface area contributed by atoms with Gasteiger partial charge in [-0.2, -0.15) is 4.98 Å². The summed E-state index contributed by atoms with van der Waals surface area (Å²) in [5, 5.41) is 12.7. The van der Waals surface area contributed by atoms with Crippen molar-refractivity contribution >= 4 is 38.3 Å². The van der Waals surface area contributed by atoms with Crippen molar-refractivity contribution in [1.29, 1.82) is 0 Å². The van der Waals surface area contributed by atoms with Crippen LogP contribution >= 0.6 is 15.9 Å². The van der Waals surface area contributed by atoms with Gasteiger partial charge >= 0.3 is 11.6 Å². The van der Waals surface area contributed by atoms with Gasteiger partial charge in [-0.1, -0.05) is 28.9 Å². The molecule has 1 aromatic carbocycles. The van der Waals surface area contributed by atoms with Gasteiger partial charge in [0, 0.05) is 42.2 Å². The van der Waals surface area contributed by atoms with Crippen molar-refractivity contribution in [3.8, 4) is 11.6 Å². The minimum atomic E-state index is -0.481. The van der Waals surface area contributed by atoms with E-state index in [-0.39, 0.29) is 17.4 Å². The van der Waals surface area contributed by atoms with Crippen LogP contribution in [0.4, 0.5) is 11.5 Å². The van der Waals surface area contributed by atoms with Crippen LogP contribution in [0, 0.1) is 10.1 Å². The molecule has 0 atom stereocenters. The molecule has 29 heavy (non-hydrogen) atoms. The maximum atomic E-state index is 11.9. The molecule has 0 amide bonds. The third kappa shape index (κ3) is 3.85. The zero-order chi connectivity index (χ0) is 20.4. The lowest BCUT2D eigenvalue weighted by Gasteiger charge is -2.34. The molecule has 0 N–H and O–H groups in total. The highest BCUT2D eigenvalue weighted by molar-refractivity contribution is 9.10. The summed E-state index contributed by atoms with van der Waals surface area (Å²) in [7, 11) is 0. The van der Waals surface area contributed by atoms with Crippen molar-refractivity contribution in [3.63, 3.8) is 0 Å². The minimum absolute atomic E-state index is 0.0906. The molecule has 0 aliphatic carbocycles. The van der Waals surface area contributed by atoms with Crippen molar-refractivity contribution in [2.45, 2.75) is 6.92 Å². The van der Waals surface area contributed by atoms with Crippen LogP contribution in [0.1, 0.15) is 6.92 Å². The van der Waals surface area contributed by atoms with Crippen LogP contribution in [-0.4, -0.2) is 57.5 Å². The predicted molar refractivity (Wildman–Crippen MR) is 113 cm³/mol. The van der Waals surface area contributed by atoms with Gasteiger partial charge in [0.25, 0.3) is 0 Å². The fourth-order valence-electron chi connectivity index (χ4n) is 3.39. The van der Waals surface area contributed by atoms with Gasteiger partial charge in [0.1, 0.15) is 11.8 Å². The molecule has 0 unspecified atom stereocenters. The van der Waals surface area contributed by atoms with E-state index in [4.69, 9.17) is 4.74 Å². The van der Waals surface area contributed by atoms with E-state index in [1.807, 2.05) is 23.1 Å². The highest BCUT2D eigenvalue weighted by Crippen LogP contribution is 2.39. The molecule has 4 rings (SSSR count). The monoisotopic (exact) mass is 458 g/mol. The maximum Gasteiger partial charge on any atom is 0.373 e. The van der Waals surface area contributed by atoms with Gasteiger partial charge in [0.05, 0.1) is 4.92 Å². The Bertz CT molecular complexity index is 1060. The van der Waals surface area contributed by atoms with E-state index >= 15 is 0 Å². The van der Waals surface area contributed by atoms with E-state index in [2.05, 4.69) is 42.7 Å². The van der Waals surface area contributed by atoms with E-state index < -0.39 is 4.92 Å². The summed E-state index contributed by atoms with van der Waals surface area (Å²) in [5.41, 5.74) is 0.359. The Labute approximate surface area is 175 Å². The molecular weight excluding hydrogens is 440 g/mol. The average molecular weight is 459 g/mol. The average Bonchev–Trinajstić information content (AvgIpc) is 2.75. The Morgan fingerprint density at radius 3 is 2.69 bits per heavy atom. The number of hydrogen-bond acceptors (Lipinski definition) is 8. The number of anilines is 1. The van der Waals surface area contributed by atoms with Crippen molar-refractivity contribution in [2.24, 2.45) is 0 Å². The molecule has 0 saturated carbocycles. The molecule has 3 heterocycles. The molecule has 150 valence electrons. The summed E-state index contributed by atoms with van der Waals surface area (Å²) in [6, 6.07) is 7.24. The van der Waals surface area contributed by atoms with Crippen molar-refractivity contribution in [3.05, 3.63) is 51.4 Å². The lowest BCUT2D eigenvalue weighted by Crippen LogP contribution is -2.46. The van der Waals surface area contributed by atoms with Gasteiger partial charge in [-0.25, -0.2) is 4.98 Å². The second kappa shape index (κ2) is 8.26. The molecule has 3 aromatic rings. The summed E-state index contributed by atoms with van der Waals surface area (Å²) in [4.78, 5) is 28.2. The number of ether oxygens (including phenoxy) is 1. The first-order valence-corrected chi connectivity index (χ1v) is 10.1. The maximum absolute atomic E-state index is 11.9. The topological polar surface area (TPSA) is 97.5 Å². The SMILES string of the molecule is CCN1CCN(c2ncnc(Oc3ccc(Br)c4cccnc34)c2[N+](=O)[O-])CC1. The van der Waals surface area contributed by atoms with Gasteiger partial charge in [0.2, 0.25) is 5.82 Å². The molecule has 2 aromatic heterocycles. The van der Waals surface area contributed by atoms with Crippen LogP contribution in [-0.2, 0) is 0 Å². The normalized spacial score (nSPS) is 14.9. The van der Waals surface area contributed by atoms with E-state index in [9.17, 15) is 10.1 Å². The van der Waals surface area contributed by atoms with Gasteiger partial charge < -0.3 is 14.5 Å².